The molecule has 0 fully saturated rings. The van der Waals surface area contributed by atoms with Gasteiger partial charge in [-0.05, 0) is 30.3 Å². The predicted molar refractivity (Wildman–Crippen MR) is 103 cm³/mol. The number of nitrogens with one attached hydrogen (secondary N) is 1. The summed E-state index contributed by atoms with van der Waals surface area (Å²) >= 11 is 5.93. The zero-order valence-corrected chi connectivity index (χ0v) is 16.9. The van der Waals surface area contributed by atoms with Crippen LogP contribution in [0.2, 0.25) is 5.02 Å². The summed E-state index contributed by atoms with van der Waals surface area (Å²) in [6.45, 7) is 0. The van der Waals surface area contributed by atoms with Crippen molar-refractivity contribution in [1.29, 1.82) is 0 Å². The number of furan rings is 1. The van der Waals surface area contributed by atoms with Gasteiger partial charge in [-0.1, -0.05) is 11.6 Å². The van der Waals surface area contributed by atoms with Gasteiger partial charge in [-0.2, -0.15) is 18.3 Å². The molecule has 1 N–H and O–H groups in total. The van der Waals surface area contributed by atoms with Crippen LogP contribution in [0.4, 0.5) is 36.4 Å². The molecule has 0 atom stereocenters. The van der Waals surface area contributed by atoms with E-state index < -0.39 is 46.7 Å². The Kier molecular flexibility index (Phi) is 6.68. The quantitative estimate of drug-likeness (QED) is 0.146. The number of anilines is 1. The number of carbonyl (C=O) groups is 1. The van der Waals surface area contributed by atoms with E-state index in [0.29, 0.717) is 5.56 Å². The smallest absolute Gasteiger partial charge is 0.422 e. The van der Waals surface area contributed by atoms with Gasteiger partial charge in [0.05, 0.1) is 23.9 Å². The van der Waals surface area contributed by atoms with Crippen LogP contribution < -0.4 is 5.43 Å². The summed E-state index contributed by atoms with van der Waals surface area (Å²) < 4.78 is 103. The molecule has 13 heteroatoms. The molecule has 174 valence electrons. The van der Waals surface area contributed by atoms with Gasteiger partial charge in [-0.3, -0.25) is 5.43 Å². The zero-order chi connectivity index (χ0) is 24.5. The van der Waals surface area contributed by atoms with E-state index in [1.165, 1.54) is 37.4 Å². The Labute approximate surface area is 185 Å². The van der Waals surface area contributed by atoms with Crippen molar-refractivity contribution in [1.82, 2.24) is 0 Å². The van der Waals surface area contributed by atoms with Crippen LogP contribution in [0.25, 0.3) is 11.3 Å². The van der Waals surface area contributed by atoms with Gasteiger partial charge >= 0.3 is 12.1 Å². The molecule has 0 aliphatic heterocycles. The number of hydrogen-bond acceptors (Lipinski definition) is 5. The number of halogens is 8. The number of esters is 1. The van der Waals surface area contributed by atoms with Crippen molar-refractivity contribution in [2.45, 2.75) is 6.18 Å². The molecule has 0 saturated heterocycles. The molecular formula is C20H10ClF7N2O3. The lowest BCUT2D eigenvalue weighted by Gasteiger charge is -2.13. The molecule has 1 heterocycles. The summed E-state index contributed by atoms with van der Waals surface area (Å²) in [5.74, 6) is -10.4. The Morgan fingerprint density at radius 3 is 2.27 bits per heavy atom. The highest BCUT2D eigenvalue weighted by molar-refractivity contribution is 6.33. The largest absolute Gasteiger partial charge is 0.465 e. The highest BCUT2D eigenvalue weighted by atomic mass is 35.5. The fraction of sp³-hybridized carbons (Fsp3) is 0.100. The van der Waals surface area contributed by atoms with Gasteiger partial charge < -0.3 is 9.15 Å². The molecule has 5 nitrogen and oxygen atoms in total. The number of nitrogens with zero attached hydrogens (tertiary/aromatic N) is 1. The molecule has 2 aromatic carbocycles. The highest BCUT2D eigenvalue weighted by Gasteiger charge is 2.42. The minimum absolute atomic E-state index is 0.0271. The van der Waals surface area contributed by atoms with Gasteiger partial charge in [0.25, 0.3) is 0 Å². The first-order valence-electron chi connectivity index (χ1n) is 8.66. The summed E-state index contributed by atoms with van der Waals surface area (Å²) in [5.41, 5.74) is -2.20. The minimum atomic E-state index is -5.66. The normalized spacial score (nSPS) is 11.8. The van der Waals surface area contributed by atoms with Crippen LogP contribution in [0, 0.1) is 23.3 Å². The van der Waals surface area contributed by atoms with E-state index in [0.717, 1.165) is 6.21 Å². The Morgan fingerprint density at radius 1 is 1.06 bits per heavy atom. The molecule has 0 aliphatic rings. The van der Waals surface area contributed by atoms with Crippen molar-refractivity contribution < 1.29 is 44.7 Å². The van der Waals surface area contributed by atoms with Gasteiger partial charge in [-0.15, -0.1) is 0 Å². The van der Waals surface area contributed by atoms with Gasteiger partial charge in [-0.25, -0.2) is 22.4 Å². The van der Waals surface area contributed by atoms with Gasteiger partial charge in [0.15, 0.2) is 23.3 Å². The molecule has 0 amide bonds. The second-order valence-electron chi connectivity index (χ2n) is 6.26. The van der Waals surface area contributed by atoms with Crippen LogP contribution in [0.15, 0.2) is 39.9 Å². The number of alkyl halides is 3. The maximum absolute atomic E-state index is 13.9. The Hall–Kier alpha value is -3.54. The molecule has 3 rings (SSSR count). The first kappa shape index (κ1) is 24.1. The molecule has 3 aromatic rings. The van der Waals surface area contributed by atoms with Gasteiger partial charge in [0.2, 0.25) is 0 Å². The first-order chi connectivity index (χ1) is 15.5. The topological polar surface area (TPSA) is 63.8 Å². The summed E-state index contributed by atoms with van der Waals surface area (Å²) in [6.07, 6.45) is -4.81. The van der Waals surface area contributed by atoms with E-state index in [-0.39, 0.29) is 22.1 Å². The predicted octanol–water partition coefficient (Wildman–Crippen LogP) is 6.41. The van der Waals surface area contributed by atoms with E-state index in [4.69, 9.17) is 16.0 Å². The second-order valence-corrected chi connectivity index (χ2v) is 6.67. The fourth-order valence-corrected chi connectivity index (χ4v) is 2.86. The SMILES string of the molecule is COC(=O)c1cc(-c2ccc(C=NNc3c(F)c(F)c(C(F)(F)F)c(F)c3F)o2)ccc1Cl. The van der Waals surface area contributed by atoms with Crippen molar-refractivity contribution in [3.8, 4) is 11.3 Å². The van der Waals surface area contributed by atoms with Crippen LogP contribution >= 0.6 is 11.6 Å². The lowest BCUT2D eigenvalue weighted by Crippen LogP contribution is -2.16. The number of rotatable bonds is 5. The first-order valence-corrected chi connectivity index (χ1v) is 9.03. The lowest BCUT2D eigenvalue weighted by atomic mass is 10.1. The maximum Gasteiger partial charge on any atom is 0.422 e. The summed E-state index contributed by atoms with van der Waals surface area (Å²) in [4.78, 5) is 11.7. The van der Waals surface area contributed by atoms with Crippen LogP contribution in [-0.2, 0) is 10.9 Å². The van der Waals surface area contributed by atoms with E-state index in [1.54, 1.807) is 5.43 Å². The fourth-order valence-electron chi connectivity index (χ4n) is 2.66. The van der Waals surface area contributed by atoms with Crippen molar-refractivity contribution in [2.24, 2.45) is 5.10 Å². The number of hydrazone groups is 1. The Morgan fingerprint density at radius 2 is 1.70 bits per heavy atom. The third-order valence-electron chi connectivity index (χ3n) is 4.20. The number of benzene rings is 2. The molecule has 0 unspecified atom stereocenters. The molecule has 0 radical (unpaired) electrons. The molecule has 0 bridgehead atoms. The standard InChI is InChI=1S/C20H10ClF7N2O3/c1-32-19(31)10-6-8(2-4-11(10)21)12-5-3-9(33-12)7-29-30-18-16(24)14(22)13(20(26,27)28)15(23)17(18)25/h2-7,30H,1H3. The maximum atomic E-state index is 13.9. The summed E-state index contributed by atoms with van der Waals surface area (Å²) in [7, 11) is 1.17. The average molecular weight is 495 g/mol. The molecule has 33 heavy (non-hydrogen) atoms. The third kappa shape index (κ3) is 4.80. The molecule has 0 saturated carbocycles. The average Bonchev–Trinajstić information content (AvgIpc) is 3.22. The van der Waals surface area contributed by atoms with E-state index in [2.05, 4.69) is 9.84 Å². The summed E-state index contributed by atoms with van der Waals surface area (Å²) in [5, 5.41) is 3.46. The van der Waals surface area contributed by atoms with E-state index in [9.17, 15) is 35.5 Å². The third-order valence-corrected chi connectivity index (χ3v) is 4.53. The van der Waals surface area contributed by atoms with Crippen molar-refractivity contribution in [3.63, 3.8) is 0 Å². The molecule has 1 aromatic heterocycles. The van der Waals surface area contributed by atoms with Crippen LogP contribution in [0.5, 0.6) is 0 Å². The molecular weight excluding hydrogens is 485 g/mol. The van der Waals surface area contributed by atoms with E-state index in [1.807, 2.05) is 0 Å². The number of hydrogen-bond donors (Lipinski definition) is 1. The second kappa shape index (κ2) is 9.14. The monoisotopic (exact) mass is 494 g/mol. The molecule has 0 spiro atoms. The van der Waals surface area contributed by atoms with Gasteiger partial charge in [0, 0.05) is 5.56 Å². The minimum Gasteiger partial charge on any atom is -0.465 e. The number of carbonyl (C=O) groups excluding carboxylic acids is 1. The van der Waals surface area contributed by atoms with Crippen molar-refractivity contribution in [2.75, 3.05) is 12.5 Å². The summed E-state index contributed by atoms with van der Waals surface area (Å²) in [6, 6.07) is 7.09. The van der Waals surface area contributed by atoms with E-state index >= 15 is 0 Å². The van der Waals surface area contributed by atoms with Crippen LogP contribution in [0.1, 0.15) is 21.7 Å². The van der Waals surface area contributed by atoms with Gasteiger partial charge in [0.1, 0.15) is 22.8 Å². The van der Waals surface area contributed by atoms with Crippen molar-refractivity contribution in [3.05, 3.63) is 75.5 Å². The zero-order valence-electron chi connectivity index (χ0n) is 16.2. The Bertz CT molecular complexity index is 1230. The lowest BCUT2D eigenvalue weighted by molar-refractivity contribution is -0.143. The number of methoxy groups -OCH3 is 1. The van der Waals surface area contributed by atoms with Crippen molar-refractivity contribution >= 4 is 29.5 Å². The number of ether oxygens (including phenoxy) is 1. The molecule has 0 aliphatic carbocycles. The van der Waals surface area contributed by atoms with Crippen LogP contribution in [0.3, 0.4) is 0 Å². The highest BCUT2D eigenvalue weighted by Crippen LogP contribution is 2.38. The Balaban J connectivity index is 1.85. The van der Waals surface area contributed by atoms with Crippen LogP contribution in [-0.4, -0.2) is 19.3 Å².